The summed E-state index contributed by atoms with van der Waals surface area (Å²) < 4.78 is 0. The van der Waals surface area contributed by atoms with Crippen molar-refractivity contribution < 1.29 is 4.79 Å². The molecule has 4 heteroatoms. The topological polar surface area (TPSA) is 20.3 Å². The van der Waals surface area contributed by atoms with Crippen molar-refractivity contribution >= 4 is 25.4 Å². The number of hydrogen-bond donors (Lipinski definition) is 0. The quantitative estimate of drug-likeness (QED) is 0.472. The molecule has 1 fully saturated rings. The van der Waals surface area contributed by atoms with Crippen LogP contribution in [0.4, 0.5) is 4.79 Å². The van der Waals surface area contributed by atoms with Gasteiger partial charge >= 0.3 is 0 Å². The second-order valence-electron chi connectivity index (χ2n) is 3.56. The van der Waals surface area contributed by atoms with Crippen LogP contribution in [0.15, 0.2) is 0 Å². The van der Waals surface area contributed by atoms with Crippen molar-refractivity contribution in [1.82, 2.24) is 4.90 Å². The number of likely N-dealkylation sites (tertiary alicyclic amines) is 1. The number of amides is 1. The van der Waals surface area contributed by atoms with Gasteiger partial charge in [-0.05, 0) is 33.1 Å². The molecule has 0 radical (unpaired) electrons. The van der Waals surface area contributed by atoms with Gasteiger partial charge in [-0.25, -0.2) is 0 Å². The summed E-state index contributed by atoms with van der Waals surface area (Å²) in [4.78, 5) is 13.4. The van der Waals surface area contributed by atoms with E-state index in [2.05, 4.69) is 13.8 Å². The van der Waals surface area contributed by atoms with Crippen LogP contribution in [0.1, 0.15) is 33.1 Å². The number of carbonyl (C=O) groups excluding carboxylic acids is 1. The van der Waals surface area contributed by atoms with Crippen molar-refractivity contribution in [1.29, 1.82) is 0 Å². The lowest BCUT2D eigenvalue weighted by atomic mass is 9.99. The third-order valence-electron chi connectivity index (χ3n) is 2.60. The molecule has 0 aromatic rings. The molecule has 1 aliphatic rings. The summed E-state index contributed by atoms with van der Waals surface area (Å²) in [6.07, 6.45) is 3.53. The summed E-state index contributed by atoms with van der Waals surface area (Å²) in [5.74, 6) is 0. The molecule has 2 nitrogen and oxygen atoms in total. The Balaban J connectivity index is 2.62. The Hall–Kier alpha value is -0.0231. The fourth-order valence-electron chi connectivity index (χ4n) is 1.98. The molecule has 12 heavy (non-hydrogen) atoms. The Labute approximate surface area is 80.8 Å². The Morgan fingerprint density at radius 2 is 1.92 bits per heavy atom. The van der Waals surface area contributed by atoms with Gasteiger partial charge in [0.25, 0.3) is 0 Å². The van der Waals surface area contributed by atoms with Crippen LogP contribution < -0.4 is 0 Å². The molecular weight excluding hydrogens is 190 g/mol. The van der Waals surface area contributed by atoms with E-state index in [4.69, 9.17) is 11.1 Å². The maximum atomic E-state index is 11.4. The highest BCUT2D eigenvalue weighted by Gasteiger charge is 2.27. The molecule has 1 rings (SSSR count). The molecule has 1 saturated heterocycles. The molecule has 0 spiro atoms. The minimum atomic E-state index is -1.01. The number of rotatable bonds is 1. The second-order valence-corrected chi connectivity index (χ2v) is 5.24. The molecule has 2 atom stereocenters. The lowest BCUT2D eigenvalue weighted by Crippen LogP contribution is -2.48. The molecule has 1 amide bonds. The van der Waals surface area contributed by atoms with Crippen LogP contribution in [-0.2, 0) is 0 Å². The SMILES string of the molecule is CC1CCCC(C)N1C(=O)[SiH2]Cl. The van der Waals surface area contributed by atoms with Crippen LogP contribution in [0.3, 0.4) is 0 Å². The maximum Gasteiger partial charge on any atom is 0.227 e. The molecule has 0 aromatic carbocycles. The third-order valence-corrected chi connectivity index (χ3v) is 3.88. The predicted octanol–water partition coefficient (Wildman–Crippen LogP) is 1.69. The zero-order chi connectivity index (χ0) is 9.14. The summed E-state index contributed by atoms with van der Waals surface area (Å²) >= 11 is 5.66. The van der Waals surface area contributed by atoms with Gasteiger partial charge in [0.2, 0.25) is 14.4 Å². The van der Waals surface area contributed by atoms with E-state index in [1.165, 1.54) is 6.42 Å². The van der Waals surface area contributed by atoms with Gasteiger partial charge in [0.1, 0.15) is 0 Å². The van der Waals surface area contributed by atoms with Crippen LogP contribution in [0, 0.1) is 0 Å². The van der Waals surface area contributed by atoms with Gasteiger partial charge in [0.05, 0.1) is 0 Å². The van der Waals surface area contributed by atoms with Crippen LogP contribution in [0.25, 0.3) is 0 Å². The van der Waals surface area contributed by atoms with Gasteiger partial charge in [-0.3, -0.25) is 4.79 Å². The van der Waals surface area contributed by atoms with Crippen molar-refractivity contribution in [2.45, 2.75) is 45.2 Å². The Bertz CT molecular complexity index is 166. The van der Waals surface area contributed by atoms with E-state index >= 15 is 0 Å². The molecule has 0 saturated carbocycles. The highest BCUT2D eigenvalue weighted by Crippen LogP contribution is 2.22. The van der Waals surface area contributed by atoms with E-state index in [9.17, 15) is 4.79 Å². The maximum absolute atomic E-state index is 11.4. The summed E-state index contributed by atoms with van der Waals surface area (Å²) in [6, 6.07) is 0.819. The molecule has 2 unspecified atom stereocenters. The van der Waals surface area contributed by atoms with E-state index < -0.39 is 8.83 Å². The molecule has 0 N–H and O–H groups in total. The second kappa shape index (κ2) is 4.28. The smallest absolute Gasteiger partial charge is 0.227 e. The first-order chi connectivity index (χ1) is 5.66. The largest absolute Gasteiger partial charge is 0.341 e. The van der Waals surface area contributed by atoms with Crippen molar-refractivity contribution in [3.63, 3.8) is 0 Å². The van der Waals surface area contributed by atoms with Gasteiger partial charge in [-0.1, -0.05) is 0 Å². The van der Waals surface area contributed by atoms with Crippen LogP contribution in [-0.4, -0.2) is 31.3 Å². The zero-order valence-electron chi connectivity index (χ0n) is 7.72. The molecule has 0 bridgehead atoms. The van der Waals surface area contributed by atoms with Crippen molar-refractivity contribution in [2.75, 3.05) is 0 Å². The average Bonchev–Trinajstić information content (AvgIpc) is 2.03. The summed E-state index contributed by atoms with van der Waals surface area (Å²) in [7, 11) is -1.01. The van der Waals surface area contributed by atoms with E-state index in [1.807, 2.05) is 4.90 Å². The molecule has 1 heterocycles. The van der Waals surface area contributed by atoms with E-state index in [1.54, 1.807) is 0 Å². The zero-order valence-corrected chi connectivity index (χ0v) is 9.89. The minimum absolute atomic E-state index is 0.219. The Morgan fingerprint density at radius 1 is 1.42 bits per heavy atom. The van der Waals surface area contributed by atoms with Crippen molar-refractivity contribution in [3.8, 4) is 0 Å². The first-order valence-electron chi connectivity index (χ1n) is 4.54. The Morgan fingerprint density at radius 3 is 2.33 bits per heavy atom. The summed E-state index contributed by atoms with van der Waals surface area (Å²) in [6.45, 7) is 4.24. The van der Waals surface area contributed by atoms with Gasteiger partial charge in [-0.2, -0.15) is 11.1 Å². The average molecular weight is 206 g/mol. The number of nitrogens with zero attached hydrogens (tertiary/aromatic N) is 1. The Kier molecular flexibility index (Phi) is 3.59. The normalized spacial score (nSPS) is 31.4. The molecule has 1 aliphatic heterocycles. The molecular formula is C8H16ClNOSi. The summed E-state index contributed by atoms with van der Waals surface area (Å²) in [5.41, 5.74) is 0.219. The van der Waals surface area contributed by atoms with Crippen LogP contribution in [0.5, 0.6) is 0 Å². The fourth-order valence-corrected chi connectivity index (χ4v) is 3.16. The number of hydrogen-bond acceptors (Lipinski definition) is 1. The standard InChI is InChI=1S/C8H16ClNOSi/c1-6-4-3-5-7(2)10(6)8(11)12-9/h6-7H,3-5,12H2,1-2H3. The number of piperidine rings is 1. The number of halogens is 1. The van der Waals surface area contributed by atoms with Crippen LogP contribution >= 0.6 is 11.1 Å². The fraction of sp³-hybridized carbons (Fsp3) is 0.875. The molecule has 0 aliphatic carbocycles. The lowest BCUT2D eigenvalue weighted by molar-refractivity contribution is 0.141. The van der Waals surface area contributed by atoms with Crippen molar-refractivity contribution in [2.24, 2.45) is 0 Å². The molecule has 0 aromatic heterocycles. The van der Waals surface area contributed by atoms with Gasteiger partial charge in [0.15, 0.2) is 0 Å². The van der Waals surface area contributed by atoms with Gasteiger partial charge < -0.3 is 4.90 Å². The highest BCUT2D eigenvalue weighted by molar-refractivity contribution is 7.11. The van der Waals surface area contributed by atoms with E-state index in [-0.39, 0.29) is 5.53 Å². The third kappa shape index (κ3) is 2.01. The van der Waals surface area contributed by atoms with Gasteiger partial charge in [-0.15, -0.1) is 0 Å². The summed E-state index contributed by atoms with van der Waals surface area (Å²) in [5, 5.41) is 0. The first-order valence-corrected chi connectivity index (χ1v) is 7.38. The van der Waals surface area contributed by atoms with Crippen LogP contribution in [0.2, 0.25) is 0 Å². The van der Waals surface area contributed by atoms with E-state index in [0.29, 0.717) is 12.1 Å². The monoisotopic (exact) mass is 205 g/mol. The minimum Gasteiger partial charge on any atom is -0.341 e. The van der Waals surface area contributed by atoms with E-state index in [0.717, 1.165) is 12.8 Å². The van der Waals surface area contributed by atoms with Crippen molar-refractivity contribution in [3.05, 3.63) is 0 Å². The molecule has 70 valence electrons. The lowest BCUT2D eigenvalue weighted by Gasteiger charge is -2.38. The van der Waals surface area contributed by atoms with Gasteiger partial charge in [0, 0.05) is 12.1 Å². The number of carbonyl (C=O) groups is 1. The highest BCUT2D eigenvalue weighted by atomic mass is 35.6. The first kappa shape index (κ1) is 10.1. The predicted molar refractivity (Wildman–Crippen MR) is 54.4 cm³/mol.